The summed E-state index contributed by atoms with van der Waals surface area (Å²) in [7, 11) is -3.55. The molecule has 3 aromatic rings. The highest BCUT2D eigenvalue weighted by Crippen LogP contribution is 2.26. The van der Waals surface area contributed by atoms with Crippen molar-refractivity contribution in [2.75, 3.05) is 18.4 Å². The van der Waals surface area contributed by atoms with Crippen molar-refractivity contribution >= 4 is 44.0 Å². The van der Waals surface area contributed by atoms with Gasteiger partial charge < -0.3 is 0 Å². The molecule has 0 aliphatic heterocycles. The van der Waals surface area contributed by atoms with Gasteiger partial charge in [0, 0.05) is 34.6 Å². The molecule has 0 atom stereocenters. The van der Waals surface area contributed by atoms with Gasteiger partial charge in [0.05, 0.1) is 10.6 Å². The number of nitrogens with zero attached hydrogens (tertiary/aromatic N) is 2. The fourth-order valence-electron chi connectivity index (χ4n) is 2.74. The molecule has 2 aromatic carbocycles. The van der Waals surface area contributed by atoms with E-state index in [-0.39, 0.29) is 10.8 Å². The standard InChI is InChI=1S/C20H20ClN3O3S2/c1-3-24(4-2)29(26,27)17-11-7-15(8-12-17)19(25)23-20-22-18(13-28-20)14-5-9-16(21)10-6-14/h5-13H,3-4H2,1-2H3,(H,22,23,25). The Hall–Kier alpha value is -2.26. The summed E-state index contributed by atoms with van der Waals surface area (Å²) in [6, 6.07) is 13.2. The van der Waals surface area contributed by atoms with Gasteiger partial charge >= 0.3 is 0 Å². The molecule has 1 heterocycles. The highest BCUT2D eigenvalue weighted by atomic mass is 35.5. The number of aromatic nitrogens is 1. The number of rotatable bonds is 7. The van der Waals surface area contributed by atoms with Gasteiger partial charge in [-0.05, 0) is 36.4 Å². The average molecular weight is 450 g/mol. The summed E-state index contributed by atoms with van der Waals surface area (Å²) in [5.74, 6) is -0.353. The molecule has 1 N–H and O–H groups in total. The lowest BCUT2D eigenvalue weighted by atomic mass is 10.2. The van der Waals surface area contributed by atoms with E-state index in [1.54, 1.807) is 26.0 Å². The minimum absolute atomic E-state index is 0.164. The predicted molar refractivity (Wildman–Crippen MR) is 117 cm³/mol. The molecular weight excluding hydrogens is 430 g/mol. The van der Waals surface area contributed by atoms with E-state index in [2.05, 4.69) is 10.3 Å². The molecular formula is C20H20ClN3O3S2. The molecule has 0 aliphatic carbocycles. The first kappa shape index (κ1) is 21.4. The molecule has 6 nitrogen and oxygen atoms in total. The van der Waals surface area contributed by atoms with E-state index in [1.807, 2.05) is 17.5 Å². The van der Waals surface area contributed by atoms with Crippen LogP contribution >= 0.6 is 22.9 Å². The zero-order chi connectivity index (χ0) is 21.0. The van der Waals surface area contributed by atoms with Crippen LogP contribution in [-0.2, 0) is 10.0 Å². The van der Waals surface area contributed by atoms with Gasteiger partial charge in [-0.25, -0.2) is 13.4 Å². The Morgan fingerprint density at radius 2 is 1.69 bits per heavy atom. The van der Waals surface area contributed by atoms with Crippen molar-refractivity contribution in [3.8, 4) is 11.3 Å². The topological polar surface area (TPSA) is 79.4 Å². The largest absolute Gasteiger partial charge is 0.298 e. The highest BCUT2D eigenvalue weighted by Gasteiger charge is 2.21. The second kappa shape index (κ2) is 9.04. The lowest BCUT2D eigenvalue weighted by Crippen LogP contribution is -2.30. The van der Waals surface area contributed by atoms with Gasteiger partial charge in [-0.1, -0.05) is 37.6 Å². The van der Waals surface area contributed by atoms with Crippen molar-refractivity contribution in [2.24, 2.45) is 0 Å². The number of carbonyl (C=O) groups excluding carboxylic acids is 1. The number of thiazole rings is 1. The van der Waals surface area contributed by atoms with Gasteiger partial charge in [0.2, 0.25) is 10.0 Å². The van der Waals surface area contributed by atoms with E-state index in [0.717, 1.165) is 11.3 Å². The van der Waals surface area contributed by atoms with Crippen molar-refractivity contribution in [1.29, 1.82) is 0 Å². The van der Waals surface area contributed by atoms with Gasteiger partial charge in [0.25, 0.3) is 5.91 Å². The first-order valence-electron chi connectivity index (χ1n) is 8.98. The van der Waals surface area contributed by atoms with E-state index < -0.39 is 10.0 Å². The third kappa shape index (κ3) is 4.84. The summed E-state index contributed by atoms with van der Waals surface area (Å²) in [5, 5.41) is 5.69. The number of halogens is 1. The van der Waals surface area contributed by atoms with Crippen LogP contribution in [0.15, 0.2) is 58.8 Å². The minimum Gasteiger partial charge on any atom is -0.298 e. The Kier molecular flexibility index (Phi) is 6.69. The third-order valence-corrected chi connectivity index (χ3v) is 7.40. The quantitative estimate of drug-likeness (QED) is 0.564. The molecule has 0 saturated carbocycles. The van der Waals surface area contributed by atoms with E-state index in [0.29, 0.717) is 28.8 Å². The molecule has 1 amide bonds. The van der Waals surface area contributed by atoms with E-state index in [1.165, 1.54) is 39.9 Å². The summed E-state index contributed by atoms with van der Waals surface area (Å²) in [6.07, 6.45) is 0. The fourth-order valence-corrected chi connectivity index (χ4v) is 5.04. The van der Waals surface area contributed by atoms with Crippen LogP contribution in [0.3, 0.4) is 0 Å². The summed E-state index contributed by atoms with van der Waals surface area (Å²) < 4.78 is 26.4. The molecule has 3 rings (SSSR count). The molecule has 1 aromatic heterocycles. The van der Waals surface area contributed by atoms with Crippen LogP contribution in [0.1, 0.15) is 24.2 Å². The Bertz CT molecular complexity index is 1090. The van der Waals surface area contributed by atoms with Crippen molar-refractivity contribution in [1.82, 2.24) is 9.29 Å². The highest BCUT2D eigenvalue weighted by molar-refractivity contribution is 7.89. The van der Waals surface area contributed by atoms with Crippen LogP contribution < -0.4 is 5.32 Å². The number of anilines is 1. The SMILES string of the molecule is CCN(CC)S(=O)(=O)c1ccc(C(=O)Nc2nc(-c3ccc(Cl)cc3)cs2)cc1. The lowest BCUT2D eigenvalue weighted by molar-refractivity contribution is 0.102. The molecule has 0 bridgehead atoms. The van der Waals surface area contributed by atoms with Crippen molar-refractivity contribution < 1.29 is 13.2 Å². The molecule has 9 heteroatoms. The maximum Gasteiger partial charge on any atom is 0.257 e. The number of hydrogen-bond donors (Lipinski definition) is 1. The Labute approximate surface area is 179 Å². The van der Waals surface area contributed by atoms with Crippen LogP contribution in [-0.4, -0.2) is 36.7 Å². The van der Waals surface area contributed by atoms with Crippen molar-refractivity contribution in [3.63, 3.8) is 0 Å². The molecule has 0 spiro atoms. The molecule has 0 radical (unpaired) electrons. The van der Waals surface area contributed by atoms with Gasteiger partial charge in [-0.15, -0.1) is 11.3 Å². The molecule has 0 fully saturated rings. The normalized spacial score (nSPS) is 11.6. The number of benzene rings is 2. The van der Waals surface area contributed by atoms with E-state index in [4.69, 9.17) is 11.6 Å². The number of nitrogens with one attached hydrogen (secondary N) is 1. The number of hydrogen-bond acceptors (Lipinski definition) is 5. The Balaban J connectivity index is 1.72. The van der Waals surface area contributed by atoms with Crippen LogP contribution in [0.25, 0.3) is 11.3 Å². The molecule has 0 unspecified atom stereocenters. The summed E-state index contributed by atoms with van der Waals surface area (Å²) in [6.45, 7) is 4.35. The number of amides is 1. The summed E-state index contributed by atoms with van der Waals surface area (Å²) in [5.41, 5.74) is 1.99. The number of carbonyl (C=O) groups is 1. The van der Waals surface area contributed by atoms with Gasteiger partial charge in [-0.2, -0.15) is 4.31 Å². The van der Waals surface area contributed by atoms with E-state index >= 15 is 0 Å². The average Bonchev–Trinajstić information content (AvgIpc) is 3.17. The zero-order valence-corrected chi connectivity index (χ0v) is 18.3. The number of sulfonamides is 1. The van der Waals surface area contributed by atoms with Crippen molar-refractivity contribution in [3.05, 3.63) is 64.5 Å². The van der Waals surface area contributed by atoms with Crippen molar-refractivity contribution in [2.45, 2.75) is 18.7 Å². The third-order valence-electron chi connectivity index (χ3n) is 4.32. The van der Waals surface area contributed by atoms with E-state index in [9.17, 15) is 13.2 Å². The molecule has 0 saturated heterocycles. The monoisotopic (exact) mass is 449 g/mol. The zero-order valence-electron chi connectivity index (χ0n) is 15.9. The van der Waals surface area contributed by atoms with Crippen LogP contribution in [0.5, 0.6) is 0 Å². The van der Waals surface area contributed by atoms with Gasteiger partial charge in [0.1, 0.15) is 0 Å². The second-order valence-corrected chi connectivity index (χ2v) is 9.35. The Morgan fingerprint density at radius 1 is 1.07 bits per heavy atom. The summed E-state index contributed by atoms with van der Waals surface area (Å²) >= 11 is 7.21. The first-order chi connectivity index (χ1) is 13.8. The molecule has 152 valence electrons. The second-order valence-electron chi connectivity index (χ2n) is 6.11. The lowest BCUT2D eigenvalue weighted by Gasteiger charge is -2.18. The van der Waals surface area contributed by atoms with Crippen LogP contribution in [0.2, 0.25) is 5.02 Å². The van der Waals surface area contributed by atoms with Gasteiger partial charge in [-0.3, -0.25) is 10.1 Å². The molecule has 29 heavy (non-hydrogen) atoms. The minimum atomic E-state index is -3.55. The van der Waals surface area contributed by atoms with Crippen LogP contribution in [0.4, 0.5) is 5.13 Å². The predicted octanol–water partition coefficient (Wildman–Crippen LogP) is 4.75. The maximum atomic E-state index is 12.5. The first-order valence-corrected chi connectivity index (χ1v) is 11.7. The summed E-state index contributed by atoms with van der Waals surface area (Å²) in [4.78, 5) is 17.1. The Morgan fingerprint density at radius 3 is 2.28 bits per heavy atom. The molecule has 0 aliphatic rings. The fraction of sp³-hybridized carbons (Fsp3) is 0.200. The smallest absolute Gasteiger partial charge is 0.257 e. The van der Waals surface area contributed by atoms with Crippen LogP contribution in [0, 0.1) is 0 Å². The maximum absolute atomic E-state index is 12.5. The van der Waals surface area contributed by atoms with Gasteiger partial charge in [0.15, 0.2) is 5.13 Å².